The van der Waals surface area contributed by atoms with Gasteiger partial charge in [0.2, 0.25) is 5.91 Å². The van der Waals surface area contributed by atoms with Gasteiger partial charge in [-0.15, -0.1) is 0 Å². The Hall–Kier alpha value is -2.87. The Balaban J connectivity index is 2.04. The molecule has 24 heavy (non-hydrogen) atoms. The molecule has 0 heterocycles. The van der Waals surface area contributed by atoms with Crippen molar-refractivity contribution < 1.29 is 18.0 Å². The van der Waals surface area contributed by atoms with Crippen LogP contribution < -0.4 is 15.4 Å². The van der Waals surface area contributed by atoms with Gasteiger partial charge in [0.1, 0.15) is 0 Å². The van der Waals surface area contributed by atoms with Gasteiger partial charge in [-0.05, 0) is 36.4 Å². The third-order valence-electron chi connectivity index (χ3n) is 3.14. The Kier molecular flexibility index (Phi) is 5.54. The average molecular weight is 347 g/mol. The zero-order valence-corrected chi connectivity index (χ0v) is 13.8. The van der Waals surface area contributed by atoms with E-state index in [-0.39, 0.29) is 17.3 Å². The standard InChI is InChI=1S/C16H17N3O4S/c1-17-15(20)11-18-16(21)12-7-9-13(10-8-12)19-24(22,23)14-5-3-2-4-6-14/h2-10,19H,11H2,1H3,(H,17,20)(H,18,21). The van der Waals surface area contributed by atoms with E-state index in [1.54, 1.807) is 18.2 Å². The third kappa shape index (κ3) is 4.56. The fraction of sp³-hybridized carbons (Fsp3) is 0.125. The molecular weight excluding hydrogens is 330 g/mol. The molecule has 0 saturated heterocycles. The number of carbonyl (C=O) groups is 2. The number of anilines is 1. The summed E-state index contributed by atoms with van der Waals surface area (Å²) < 4.78 is 26.8. The summed E-state index contributed by atoms with van der Waals surface area (Å²) in [6.45, 7) is -0.127. The quantitative estimate of drug-likeness (QED) is 0.724. The highest BCUT2D eigenvalue weighted by molar-refractivity contribution is 7.92. The molecule has 0 aliphatic rings. The van der Waals surface area contributed by atoms with E-state index in [0.717, 1.165) is 0 Å². The van der Waals surface area contributed by atoms with E-state index in [2.05, 4.69) is 15.4 Å². The third-order valence-corrected chi connectivity index (χ3v) is 4.54. The number of sulfonamides is 1. The Morgan fingerprint density at radius 1 is 0.958 bits per heavy atom. The summed E-state index contributed by atoms with van der Waals surface area (Å²) in [5.41, 5.74) is 0.656. The second kappa shape index (κ2) is 7.60. The van der Waals surface area contributed by atoms with Crippen LogP contribution in [0.25, 0.3) is 0 Å². The number of likely N-dealkylation sites (N-methyl/N-ethyl adjacent to an activating group) is 1. The first-order chi connectivity index (χ1) is 11.4. The van der Waals surface area contributed by atoms with Crippen molar-refractivity contribution in [3.05, 3.63) is 60.2 Å². The minimum atomic E-state index is -3.67. The van der Waals surface area contributed by atoms with Crippen molar-refractivity contribution in [1.82, 2.24) is 10.6 Å². The molecule has 0 fully saturated rings. The molecule has 0 radical (unpaired) electrons. The molecule has 3 N–H and O–H groups in total. The zero-order valence-electron chi connectivity index (χ0n) is 12.9. The fourth-order valence-corrected chi connectivity index (χ4v) is 2.93. The van der Waals surface area contributed by atoms with E-state index < -0.39 is 15.9 Å². The van der Waals surface area contributed by atoms with Crippen LogP contribution >= 0.6 is 0 Å². The van der Waals surface area contributed by atoms with E-state index in [4.69, 9.17) is 0 Å². The molecule has 0 unspecified atom stereocenters. The number of carbonyl (C=O) groups excluding carboxylic acids is 2. The normalized spacial score (nSPS) is 10.7. The lowest BCUT2D eigenvalue weighted by Gasteiger charge is -2.09. The molecule has 126 valence electrons. The molecule has 0 spiro atoms. The molecule has 8 heteroatoms. The lowest BCUT2D eigenvalue weighted by Crippen LogP contribution is -2.35. The predicted octanol–water partition coefficient (Wildman–Crippen LogP) is 0.963. The summed E-state index contributed by atoms with van der Waals surface area (Å²) in [4.78, 5) is 23.1. The van der Waals surface area contributed by atoms with Gasteiger partial charge in [0.15, 0.2) is 0 Å². The maximum atomic E-state index is 12.2. The van der Waals surface area contributed by atoms with Gasteiger partial charge in [0.05, 0.1) is 11.4 Å². The van der Waals surface area contributed by atoms with Crippen LogP contribution in [0.15, 0.2) is 59.5 Å². The van der Waals surface area contributed by atoms with Crippen molar-refractivity contribution in [2.45, 2.75) is 4.90 Å². The van der Waals surface area contributed by atoms with Crippen LogP contribution in [0.3, 0.4) is 0 Å². The first-order valence-corrected chi connectivity index (χ1v) is 8.57. The summed E-state index contributed by atoms with van der Waals surface area (Å²) in [5.74, 6) is -0.730. The van der Waals surface area contributed by atoms with Crippen molar-refractivity contribution >= 4 is 27.5 Å². The Labute approximate surface area is 140 Å². The largest absolute Gasteiger partial charge is 0.358 e. The highest BCUT2D eigenvalue weighted by atomic mass is 32.2. The molecule has 7 nitrogen and oxygen atoms in total. The maximum Gasteiger partial charge on any atom is 0.261 e. The Morgan fingerprint density at radius 2 is 1.58 bits per heavy atom. The van der Waals surface area contributed by atoms with Crippen LogP contribution in [0.2, 0.25) is 0 Å². The number of benzene rings is 2. The van der Waals surface area contributed by atoms with E-state index in [9.17, 15) is 18.0 Å². The Morgan fingerprint density at radius 3 is 2.17 bits per heavy atom. The lowest BCUT2D eigenvalue weighted by atomic mass is 10.2. The Bertz CT molecular complexity index is 818. The summed E-state index contributed by atoms with van der Waals surface area (Å²) in [6.07, 6.45) is 0. The van der Waals surface area contributed by atoms with Gasteiger partial charge in [-0.25, -0.2) is 8.42 Å². The molecule has 0 saturated carbocycles. The first kappa shape index (κ1) is 17.5. The van der Waals surface area contributed by atoms with Crippen LogP contribution in [-0.2, 0) is 14.8 Å². The number of hydrogen-bond donors (Lipinski definition) is 3. The highest BCUT2D eigenvalue weighted by Gasteiger charge is 2.14. The second-order valence-electron chi connectivity index (χ2n) is 4.85. The fourth-order valence-electron chi connectivity index (χ4n) is 1.85. The molecular formula is C16H17N3O4S. The van der Waals surface area contributed by atoms with Crippen molar-refractivity contribution in [2.24, 2.45) is 0 Å². The van der Waals surface area contributed by atoms with Crippen LogP contribution in [0.1, 0.15) is 10.4 Å². The van der Waals surface area contributed by atoms with E-state index >= 15 is 0 Å². The van der Waals surface area contributed by atoms with Crippen LogP contribution in [0.5, 0.6) is 0 Å². The summed E-state index contributed by atoms with van der Waals surface area (Å²) in [6, 6.07) is 13.9. The van der Waals surface area contributed by atoms with Crippen molar-refractivity contribution in [3.63, 3.8) is 0 Å². The first-order valence-electron chi connectivity index (χ1n) is 7.09. The molecule has 2 aromatic rings. The minimum Gasteiger partial charge on any atom is -0.358 e. The molecule has 0 aliphatic heterocycles. The molecule has 0 atom stereocenters. The molecule has 2 rings (SSSR count). The SMILES string of the molecule is CNC(=O)CNC(=O)c1ccc(NS(=O)(=O)c2ccccc2)cc1. The van der Waals surface area contributed by atoms with Gasteiger partial charge >= 0.3 is 0 Å². The predicted molar refractivity (Wildman–Crippen MR) is 90.1 cm³/mol. The van der Waals surface area contributed by atoms with E-state index in [1.807, 2.05) is 0 Å². The van der Waals surface area contributed by atoms with E-state index in [1.165, 1.54) is 43.4 Å². The molecule has 2 aromatic carbocycles. The molecule has 0 aromatic heterocycles. The monoisotopic (exact) mass is 347 g/mol. The molecule has 0 bridgehead atoms. The summed E-state index contributed by atoms with van der Waals surface area (Å²) >= 11 is 0. The number of nitrogens with one attached hydrogen (secondary N) is 3. The summed E-state index contributed by atoms with van der Waals surface area (Å²) in [5, 5.41) is 4.85. The van der Waals surface area contributed by atoms with Crippen LogP contribution in [0.4, 0.5) is 5.69 Å². The lowest BCUT2D eigenvalue weighted by molar-refractivity contribution is -0.119. The number of hydrogen-bond acceptors (Lipinski definition) is 4. The second-order valence-corrected chi connectivity index (χ2v) is 6.53. The van der Waals surface area contributed by atoms with Gasteiger partial charge in [-0.1, -0.05) is 18.2 Å². The van der Waals surface area contributed by atoms with E-state index in [0.29, 0.717) is 11.3 Å². The number of rotatable bonds is 6. The molecule has 0 aliphatic carbocycles. The smallest absolute Gasteiger partial charge is 0.261 e. The van der Waals surface area contributed by atoms with Crippen molar-refractivity contribution in [1.29, 1.82) is 0 Å². The maximum absolute atomic E-state index is 12.2. The van der Waals surface area contributed by atoms with Gasteiger partial charge in [0.25, 0.3) is 15.9 Å². The van der Waals surface area contributed by atoms with Gasteiger partial charge in [0, 0.05) is 18.3 Å². The topological polar surface area (TPSA) is 104 Å². The number of amides is 2. The van der Waals surface area contributed by atoms with Crippen LogP contribution in [-0.4, -0.2) is 33.8 Å². The van der Waals surface area contributed by atoms with Gasteiger partial charge in [-0.2, -0.15) is 0 Å². The minimum absolute atomic E-state index is 0.127. The van der Waals surface area contributed by atoms with Gasteiger partial charge < -0.3 is 10.6 Å². The van der Waals surface area contributed by atoms with Crippen LogP contribution in [0, 0.1) is 0 Å². The average Bonchev–Trinajstić information content (AvgIpc) is 2.60. The summed E-state index contributed by atoms with van der Waals surface area (Å²) in [7, 11) is -2.20. The van der Waals surface area contributed by atoms with Crippen molar-refractivity contribution in [3.8, 4) is 0 Å². The molecule has 2 amide bonds. The van der Waals surface area contributed by atoms with Crippen molar-refractivity contribution in [2.75, 3.05) is 18.3 Å². The van der Waals surface area contributed by atoms with Gasteiger partial charge in [-0.3, -0.25) is 14.3 Å². The zero-order chi connectivity index (χ0) is 17.6. The highest BCUT2D eigenvalue weighted by Crippen LogP contribution is 2.16.